The highest BCUT2D eigenvalue weighted by Crippen LogP contribution is 2.44. The van der Waals surface area contributed by atoms with Crippen LogP contribution in [0.5, 0.6) is 0 Å². The van der Waals surface area contributed by atoms with Crippen molar-refractivity contribution in [3.63, 3.8) is 0 Å². The quantitative estimate of drug-likeness (QED) is 0.876. The zero-order valence-corrected chi connectivity index (χ0v) is 10.8. The predicted molar refractivity (Wildman–Crippen MR) is 71.3 cm³/mol. The van der Waals surface area contributed by atoms with Gasteiger partial charge in [0.25, 0.3) is 0 Å². The summed E-state index contributed by atoms with van der Waals surface area (Å²) in [5, 5.41) is 10.1. The Labute approximate surface area is 105 Å². The fourth-order valence-corrected chi connectivity index (χ4v) is 2.98. The molecule has 0 spiro atoms. The van der Waals surface area contributed by atoms with E-state index in [1.165, 1.54) is 17.7 Å². The van der Waals surface area contributed by atoms with Gasteiger partial charge in [-0.3, -0.25) is 4.68 Å². The maximum Gasteiger partial charge on any atom is 0.0731 e. The largest absolute Gasteiger partial charge is 0.375 e. The van der Waals surface area contributed by atoms with Crippen molar-refractivity contribution in [2.75, 3.05) is 5.32 Å². The molecule has 0 amide bonds. The van der Waals surface area contributed by atoms with Crippen LogP contribution in [0.1, 0.15) is 30.7 Å². The SMILES string of the molecule is CCn1cc(NC(c2cccs2)C2CC2)cn1. The molecule has 2 heterocycles. The molecule has 0 radical (unpaired) electrons. The first-order chi connectivity index (χ1) is 8.36. The van der Waals surface area contributed by atoms with Crippen LogP contribution in [0.15, 0.2) is 29.9 Å². The number of rotatable bonds is 5. The van der Waals surface area contributed by atoms with Gasteiger partial charge in [-0.2, -0.15) is 5.10 Å². The average molecular weight is 247 g/mol. The molecule has 1 fully saturated rings. The average Bonchev–Trinajstić information content (AvgIpc) is 2.88. The van der Waals surface area contributed by atoms with Crippen LogP contribution >= 0.6 is 11.3 Å². The predicted octanol–water partition coefficient (Wildman–Crippen LogP) is 3.53. The lowest BCUT2D eigenvalue weighted by Gasteiger charge is -2.16. The Morgan fingerprint density at radius 3 is 3.06 bits per heavy atom. The Hall–Kier alpha value is -1.29. The maximum absolute atomic E-state index is 4.31. The summed E-state index contributed by atoms with van der Waals surface area (Å²) in [6, 6.07) is 4.83. The van der Waals surface area contributed by atoms with Gasteiger partial charge < -0.3 is 5.32 Å². The molecule has 4 heteroatoms. The molecule has 3 nitrogen and oxygen atoms in total. The summed E-state index contributed by atoms with van der Waals surface area (Å²) in [7, 11) is 0. The van der Waals surface area contributed by atoms with Crippen LogP contribution < -0.4 is 5.32 Å². The van der Waals surface area contributed by atoms with E-state index in [-0.39, 0.29) is 0 Å². The molecule has 1 atom stereocenters. The van der Waals surface area contributed by atoms with Crippen molar-refractivity contribution in [3.8, 4) is 0 Å². The molecular formula is C13H17N3S. The second kappa shape index (κ2) is 4.53. The fourth-order valence-electron chi connectivity index (χ4n) is 2.11. The monoisotopic (exact) mass is 247 g/mol. The van der Waals surface area contributed by atoms with Crippen molar-refractivity contribution in [2.24, 2.45) is 5.92 Å². The van der Waals surface area contributed by atoms with Crippen molar-refractivity contribution in [3.05, 3.63) is 34.8 Å². The van der Waals surface area contributed by atoms with Crippen LogP contribution in [-0.2, 0) is 6.54 Å². The zero-order chi connectivity index (χ0) is 11.7. The fraction of sp³-hybridized carbons (Fsp3) is 0.462. The summed E-state index contributed by atoms with van der Waals surface area (Å²) in [6.07, 6.45) is 6.70. The summed E-state index contributed by atoms with van der Waals surface area (Å²) in [5.41, 5.74) is 1.14. The molecule has 1 N–H and O–H groups in total. The van der Waals surface area contributed by atoms with Crippen LogP contribution in [0, 0.1) is 5.92 Å². The maximum atomic E-state index is 4.31. The number of nitrogens with one attached hydrogen (secondary N) is 1. The molecule has 1 unspecified atom stereocenters. The first-order valence-corrected chi connectivity index (χ1v) is 7.07. The number of nitrogens with zero attached hydrogens (tertiary/aromatic N) is 2. The van der Waals surface area contributed by atoms with Gasteiger partial charge in [0.1, 0.15) is 0 Å². The molecule has 2 aromatic rings. The third-order valence-corrected chi connectivity index (χ3v) is 4.18. The summed E-state index contributed by atoms with van der Waals surface area (Å²) < 4.78 is 1.96. The Bertz CT molecular complexity index is 471. The molecule has 2 aromatic heterocycles. The van der Waals surface area contributed by atoms with Gasteiger partial charge in [0.2, 0.25) is 0 Å². The number of hydrogen-bond acceptors (Lipinski definition) is 3. The van der Waals surface area contributed by atoms with Crippen molar-refractivity contribution in [1.29, 1.82) is 0 Å². The molecule has 0 saturated heterocycles. The third-order valence-electron chi connectivity index (χ3n) is 3.22. The molecule has 0 aliphatic heterocycles. The number of aromatic nitrogens is 2. The molecule has 17 heavy (non-hydrogen) atoms. The summed E-state index contributed by atoms with van der Waals surface area (Å²) in [6.45, 7) is 3.03. The van der Waals surface area contributed by atoms with Gasteiger partial charge in [-0.05, 0) is 37.1 Å². The van der Waals surface area contributed by atoms with Gasteiger partial charge in [0, 0.05) is 17.6 Å². The molecule has 1 saturated carbocycles. The van der Waals surface area contributed by atoms with Gasteiger partial charge in [0.05, 0.1) is 17.9 Å². The second-order valence-corrected chi connectivity index (χ2v) is 5.54. The molecule has 1 aliphatic carbocycles. The summed E-state index contributed by atoms with van der Waals surface area (Å²) in [5.74, 6) is 0.804. The number of aryl methyl sites for hydroxylation is 1. The van der Waals surface area contributed by atoms with Gasteiger partial charge in [-0.1, -0.05) is 6.07 Å². The van der Waals surface area contributed by atoms with E-state index in [0.29, 0.717) is 6.04 Å². The topological polar surface area (TPSA) is 29.9 Å². The molecule has 3 rings (SSSR count). The van der Waals surface area contributed by atoms with Crippen LogP contribution in [0.2, 0.25) is 0 Å². The number of thiophene rings is 1. The van der Waals surface area contributed by atoms with E-state index in [1.807, 2.05) is 22.2 Å². The highest BCUT2D eigenvalue weighted by molar-refractivity contribution is 7.10. The molecule has 1 aliphatic rings. The zero-order valence-electron chi connectivity index (χ0n) is 9.97. The smallest absolute Gasteiger partial charge is 0.0731 e. The number of anilines is 1. The molecule has 0 aromatic carbocycles. The normalized spacial score (nSPS) is 17.0. The van der Waals surface area contributed by atoms with Crippen molar-refractivity contribution in [2.45, 2.75) is 32.4 Å². The first-order valence-electron chi connectivity index (χ1n) is 6.19. The lowest BCUT2D eigenvalue weighted by atomic mass is 10.1. The Morgan fingerprint density at radius 2 is 2.47 bits per heavy atom. The minimum Gasteiger partial charge on any atom is -0.375 e. The van der Waals surface area contributed by atoms with E-state index in [1.54, 1.807) is 0 Å². The van der Waals surface area contributed by atoms with E-state index in [9.17, 15) is 0 Å². The Kier molecular flexibility index (Phi) is 2.89. The van der Waals surface area contributed by atoms with Crippen LogP contribution in [0.4, 0.5) is 5.69 Å². The van der Waals surface area contributed by atoms with E-state index < -0.39 is 0 Å². The third kappa shape index (κ3) is 2.36. The highest BCUT2D eigenvalue weighted by atomic mass is 32.1. The van der Waals surface area contributed by atoms with Gasteiger partial charge >= 0.3 is 0 Å². The lowest BCUT2D eigenvalue weighted by molar-refractivity contribution is 0.659. The van der Waals surface area contributed by atoms with Crippen LogP contribution in [0.3, 0.4) is 0 Å². The van der Waals surface area contributed by atoms with Crippen molar-refractivity contribution < 1.29 is 0 Å². The molecular weight excluding hydrogens is 230 g/mol. The van der Waals surface area contributed by atoms with Crippen LogP contribution in [0.25, 0.3) is 0 Å². The standard InChI is InChI=1S/C13H17N3S/c1-2-16-9-11(8-14-16)15-13(10-5-6-10)12-4-3-7-17-12/h3-4,7-10,13,15H,2,5-6H2,1H3. The van der Waals surface area contributed by atoms with E-state index in [2.05, 4.69) is 41.0 Å². The summed E-state index contributed by atoms with van der Waals surface area (Å²) >= 11 is 1.84. The number of hydrogen-bond donors (Lipinski definition) is 1. The Morgan fingerprint density at radius 1 is 1.59 bits per heavy atom. The van der Waals surface area contributed by atoms with E-state index >= 15 is 0 Å². The lowest BCUT2D eigenvalue weighted by Crippen LogP contribution is -2.10. The minimum atomic E-state index is 0.476. The van der Waals surface area contributed by atoms with Gasteiger partial charge in [0.15, 0.2) is 0 Å². The first kappa shape index (κ1) is 10.8. The second-order valence-electron chi connectivity index (χ2n) is 4.56. The van der Waals surface area contributed by atoms with Crippen molar-refractivity contribution >= 4 is 17.0 Å². The van der Waals surface area contributed by atoms with Gasteiger partial charge in [-0.25, -0.2) is 0 Å². The molecule has 90 valence electrons. The van der Waals surface area contributed by atoms with Gasteiger partial charge in [-0.15, -0.1) is 11.3 Å². The van der Waals surface area contributed by atoms with E-state index in [4.69, 9.17) is 0 Å². The van der Waals surface area contributed by atoms with Crippen molar-refractivity contribution in [1.82, 2.24) is 9.78 Å². The Balaban J connectivity index is 1.76. The minimum absolute atomic E-state index is 0.476. The molecule has 0 bridgehead atoms. The van der Waals surface area contributed by atoms with Crippen LogP contribution in [-0.4, -0.2) is 9.78 Å². The highest BCUT2D eigenvalue weighted by Gasteiger charge is 2.33. The summed E-state index contributed by atoms with van der Waals surface area (Å²) in [4.78, 5) is 1.44. The van der Waals surface area contributed by atoms with E-state index in [0.717, 1.165) is 18.2 Å².